The minimum absolute atomic E-state index is 0.177. The molecular formula is C13H21N2O5PS. The summed E-state index contributed by atoms with van der Waals surface area (Å²) in [6, 6.07) is 0. The van der Waals surface area contributed by atoms with Crippen molar-refractivity contribution in [1.82, 2.24) is 10.2 Å². The summed E-state index contributed by atoms with van der Waals surface area (Å²) in [5, 5.41) is 2.68. The molecule has 2 heterocycles. The first-order valence-corrected chi connectivity index (χ1v) is 9.56. The van der Waals surface area contributed by atoms with Gasteiger partial charge in [-0.25, -0.2) is 0 Å². The van der Waals surface area contributed by atoms with Crippen LogP contribution in [-0.4, -0.2) is 41.2 Å². The van der Waals surface area contributed by atoms with E-state index in [1.54, 1.807) is 18.0 Å². The number of rotatable bonds is 5. The third-order valence-electron chi connectivity index (χ3n) is 3.65. The van der Waals surface area contributed by atoms with E-state index in [1.807, 2.05) is 6.92 Å². The number of ether oxygens (including phenoxy) is 1. The van der Waals surface area contributed by atoms with E-state index >= 15 is 0 Å². The van der Waals surface area contributed by atoms with E-state index in [9.17, 15) is 9.69 Å². The van der Waals surface area contributed by atoms with Gasteiger partial charge in [0.2, 0.25) is 0 Å². The van der Waals surface area contributed by atoms with Gasteiger partial charge in [-0.2, -0.15) is 0 Å². The highest BCUT2D eigenvalue weighted by molar-refractivity contribution is 8.07. The first-order chi connectivity index (χ1) is 10.3. The number of hydrogen-bond acceptors (Lipinski definition) is 6. The van der Waals surface area contributed by atoms with Gasteiger partial charge in [-0.1, -0.05) is 13.5 Å². The van der Waals surface area contributed by atoms with Gasteiger partial charge in [0.15, 0.2) is 0 Å². The SMILES string of the molecule is C=C1NC(=O)C(C)=CN1[C@H]1CC(OP(O)(=S)OC)[C@@H](CC)O1. The predicted octanol–water partition coefficient (Wildman–Crippen LogP) is 1.57. The summed E-state index contributed by atoms with van der Waals surface area (Å²) >= 11 is 4.90. The van der Waals surface area contributed by atoms with Crippen molar-refractivity contribution in [3.63, 3.8) is 0 Å². The van der Waals surface area contributed by atoms with Crippen molar-refractivity contribution in [3.8, 4) is 0 Å². The molecule has 2 aliphatic rings. The zero-order chi connectivity index (χ0) is 16.5. The van der Waals surface area contributed by atoms with Crippen molar-refractivity contribution < 1.29 is 23.5 Å². The molecule has 0 spiro atoms. The lowest BCUT2D eigenvalue weighted by Crippen LogP contribution is -2.42. The Balaban J connectivity index is 2.13. The van der Waals surface area contributed by atoms with Crippen molar-refractivity contribution >= 4 is 24.4 Å². The average Bonchev–Trinajstić information content (AvgIpc) is 2.84. The third kappa shape index (κ3) is 3.76. The molecule has 22 heavy (non-hydrogen) atoms. The topological polar surface area (TPSA) is 80.3 Å². The zero-order valence-corrected chi connectivity index (χ0v) is 14.5. The molecule has 2 unspecified atom stereocenters. The van der Waals surface area contributed by atoms with Crippen LogP contribution in [0.2, 0.25) is 0 Å². The van der Waals surface area contributed by atoms with Crippen LogP contribution in [0.5, 0.6) is 0 Å². The van der Waals surface area contributed by atoms with Crippen molar-refractivity contribution in [2.45, 2.75) is 45.1 Å². The monoisotopic (exact) mass is 348 g/mol. The van der Waals surface area contributed by atoms with Crippen LogP contribution in [0.25, 0.3) is 0 Å². The predicted molar refractivity (Wildman–Crippen MR) is 84.8 cm³/mol. The van der Waals surface area contributed by atoms with Gasteiger partial charge < -0.3 is 28.9 Å². The fourth-order valence-corrected chi connectivity index (χ4v) is 3.44. The first kappa shape index (κ1) is 17.6. The lowest BCUT2D eigenvalue weighted by atomic mass is 10.1. The summed E-state index contributed by atoms with van der Waals surface area (Å²) in [7, 11) is 1.32. The molecule has 0 aliphatic carbocycles. The molecule has 7 nitrogen and oxygen atoms in total. The first-order valence-electron chi connectivity index (χ1n) is 6.96. The summed E-state index contributed by atoms with van der Waals surface area (Å²) in [5.41, 5.74) is 0.567. The summed E-state index contributed by atoms with van der Waals surface area (Å²) in [4.78, 5) is 23.2. The number of carbonyl (C=O) groups excluding carboxylic acids is 1. The van der Waals surface area contributed by atoms with Gasteiger partial charge >= 0.3 is 6.72 Å². The van der Waals surface area contributed by atoms with Crippen LogP contribution in [0.4, 0.5) is 0 Å². The van der Waals surface area contributed by atoms with Crippen LogP contribution in [-0.2, 0) is 30.4 Å². The zero-order valence-electron chi connectivity index (χ0n) is 12.8. The molecular weight excluding hydrogens is 327 g/mol. The maximum Gasteiger partial charge on any atom is 0.324 e. The minimum atomic E-state index is -3.25. The Bertz CT molecular complexity index is 553. The van der Waals surface area contributed by atoms with Crippen LogP contribution in [0.3, 0.4) is 0 Å². The van der Waals surface area contributed by atoms with Crippen molar-refractivity contribution in [1.29, 1.82) is 0 Å². The molecule has 4 atom stereocenters. The molecule has 0 aromatic carbocycles. The molecule has 0 radical (unpaired) electrons. The molecule has 0 bridgehead atoms. The molecule has 2 N–H and O–H groups in total. The van der Waals surface area contributed by atoms with Crippen molar-refractivity contribution in [2.24, 2.45) is 0 Å². The van der Waals surface area contributed by atoms with Gasteiger partial charge in [-0.05, 0) is 25.2 Å². The lowest BCUT2D eigenvalue weighted by Gasteiger charge is -2.32. The van der Waals surface area contributed by atoms with Crippen LogP contribution in [0.15, 0.2) is 24.2 Å². The molecule has 1 saturated heterocycles. The fourth-order valence-electron chi connectivity index (χ4n) is 2.46. The molecule has 9 heteroatoms. The van der Waals surface area contributed by atoms with Gasteiger partial charge in [0, 0.05) is 25.3 Å². The summed E-state index contributed by atoms with van der Waals surface area (Å²) in [6.45, 7) is 4.26. The Morgan fingerprint density at radius 3 is 2.95 bits per heavy atom. The highest BCUT2D eigenvalue weighted by atomic mass is 32.5. The van der Waals surface area contributed by atoms with E-state index in [-0.39, 0.29) is 24.3 Å². The van der Waals surface area contributed by atoms with Gasteiger partial charge in [-0.3, -0.25) is 4.79 Å². The summed E-state index contributed by atoms with van der Waals surface area (Å²) < 4.78 is 16.3. The Morgan fingerprint density at radius 1 is 1.68 bits per heavy atom. The number of amides is 1. The van der Waals surface area contributed by atoms with Gasteiger partial charge in [0.05, 0.1) is 12.2 Å². The highest BCUT2D eigenvalue weighted by Gasteiger charge is 2.41. The van der Waals surface area contributed by atoms with E-state index in [0.717, 1.165) is 0 Å². The molecule has 0 aromatic heterocycles. The number of nitrogens with zero attached hydrogens (tertiary/aromatic N) is 1. The molecule has 0 saturated carbocycles. The Hall–Kier alpha value is -0.760. The second kappa shape index (κ2) is 6.78. The van der Waals surface area contributed by atoms with Crippen LogP contribution >= 0.6 is 6.72 Å². The quantitative estimate of drug-likeness (QED) is 0.730. The largest absolute Gasteiger partial charge is 0.352 e. The molecule has 0 aromatic rings. The number of hydrogen-bond donors (Lipinski definition) is 2. The van der Waals surface area contributed by atoms with Crippen molar-refractivity contribution in [2.75, 3.05) is 7.11 Å². The van der Waals surface area contributed by atoms with Gasteiger partial charge in [0.1, 0.15) is 12.0 Å². The number of carbonyl (C=O) groups is 1. The lowest BCUT2D eigenvalue weighted by molar-refractivity contribution is -0.118. The van der Waals surface area contributed by atoms with E-state index in [4.69, 9.17) is 25.6 Å². The normalized spacial score (nSPS) is 31.7. The second-order valence-electron chi connectivity index (χ2n) is 5.19. The standard InChI is InChI=1S/C13H21N2O5PS/c1-5-10-11(20-21(17,22)18-4)6-12(19-10)15-7-8(2)13(16)14-9(15)3/h7,10-12H,3,5-6H2,1-2,4H3,(H,14,16)(H,17,22)/t10-,11?,12-,21?/m1/s1. The minimum Gasteiger partial charge on any atom is -0.352 e. The number of nitrogens with one attached hydrogen (secondary N) is 1. The fraction of sp³-hybridized carbons (Fsp3) is 0.615. The second-order valence-corrected chi connectivity index (χ2v) is 8.09. The van der Waals surface area contributed by atoms with Crippen LogP contribution in [0, 0.1) is 0 Å². The maximum atomic E-state index is 11.6. The van der Waals surface area contributed by atoms with E-state index in [1.165, 1.54) is 7.11 Å². The van der Waals surface area contributed by atoms with Crippen molar-refractivity contribution in [3.05, 3.63) is 24.2 Å². The van der Waals surface area contributed by atoms with E-state index in [0.29, 0.717) is 24.2 Å². The van der Waals surface area contributed by atoms with Gasteiger partial charge in [0.25, 0.3) is 5.91 Å². The smallest absolute Gasteiger partial charge is 0.324 e. The Labute approximate surface area is 135 Å². The van der Waals surface area contributed by atoms with E-state index in [2.05, 4.69) is 11.9 Å². The molecule has 2 rings (SSSR count). The average molecular weight is 348 g/mol. The molecule has 1 fully saturated rings. The molecule has 1 amide bonds. The van der Waals surface area contributed by atoms with Crippen LogP contribution < -0.4 is 5.32 Å². The summed E-state index contributed by atoms with van der Waals surface area (Å²) in [6.07, 6.45) is 1.96. The van der Waals surface area contributed by atoms with Gasteiger partial charge in [-0.15, -0.1) is 0 Å². The summed E-state index contributed by atoms with van der Waals surface area (Å²) in [5.74, 6) is 0.274. The third-order valence-corrected chi connectivity index (χ3v) is 5.36. The Kier molecular flexibility index (Phi) is 5.42. The highest BCUT2D eigenvalue weighted by Crippen LogP contribution is 2.47. The Morgan fingerprint density at radius 2 is 2.36 bits per heavy atom. The van der Waals surface area contributed by atoms with E-state index < -0.39 is 6.72 Å². The van der Waals surface area contributed by atoms with Crippen LogP contribution in [0.1, 0.15) is 26.7 Å². The molecule has 124 valence electrons. The molecule has 2 aliphatic heterocycles. The maximum absolute atomic E-state index is 11.6.